The first-order valence-corrected chi connectivity index (χ1v) is 6.58. The summed E-state index contributed by atoms with van der Waals surface area (Å²) in [6.07, 6.45) is 4.45. The lowest BCUT2D eigenvalue weighted by Crippen LogP contribution is -2.29. The summed E-state index contributed by atoms with van der Waals surface area (Å²) >= 11 is 10.6. The quantitative estimate of drug-likeness (QED) is 0.701. The maximum Gasteiger partial charge on any atom is 0.124 e. The molecule has 2 saturated heterocycles. The second-order valence-corrected chi connectivity index (χ2v) is 5.31. The molecule has 2 heterocycles. The van der Waals surface area contributed by atoms with Crippen molar-refractivity contribution in [3.8, 4) is 0 Å². The first-order chi connectivity index (χ1) is 7.66. The average Bonchev–Trinajstić information content (AvgIpc) is 2.79. The molecule has 0 N–H and O–H groups in total. The van der Waals surface area contributed by atoms with Crippen LogP contribution >= 0.6 is 24.4 Å². The molecule has 0 aliphatic carbocycles. The molecule has 0 aromatic carbocycles. The smallest absolute Gasteiger partial charge is 0.124 e. The molecule has 16 heavy (non-hydrogen) atoms. The third-order valence-corrected chi connectivity index (χ3v) is 3.77. The van der Waals surface area contributed by atoms with Gasteiger partial charge in [0.15, 0.2) is 0 Å². The zero-order valence-electron chi connectivity index (χ0n) is 9.61. The van der Waals surface area contributed by atoms with E-state index < -0.39 is 0 Å². The van der Waals surface area contributed by atoms with E-state index in [0.717, 1.165) is 54.7 Å². The number of aliphatic imine (C=N–C) groups is 1. The topological polar surface area (TPSA) is 18.8 Å². The molecule has 0 unspecified atom stereocenters. The predicted molar refractivity (Wildman–Crippen MR) is 75.3 cm³/mol. The monoisotopic (exact) mass is 255 g/mol. The fourth-order valence-electron chi connectivity index (χ4n) is 2.15. The summed E-state index contributed by atoms with van der Waals surface area (Å²) in [5, 5.41) is 0. The number of hydrogen-bond acceptors (Lipinski definition) is 2. The van der Waals surface area contributed by atoms with Crippen molar-refractivity contribution >= 4 is 40.2 Å². The van der Waals surface area contributed by atoms with Crippen LogP contribution in [0.1, 0.15) is 25.7 Å². The number of thiocarbonyl (C=S) groups is 2. The fourth-order valence-corrected chi connectivity index (χ4v) is 2.71. The molecule has 0 radical (unpaired) electrons. The Balaban J connectivity index is 1.90. The van der Waals surface area contributed by atoms with Crippen LogP contribution in [0.25, 0.3) is 0 Å². The highest BCUT2D eigenvalue weighted by Gasteiger charge is 2.19. The van der Waals surface area contributed by atoms with Crippen LogP contribution < -0.4 is 0 Å². The SMILES string of the molecule is CN1CCC/C1=N\C(=S)CN1CCCC1=S. The zero-order valence-corrected chi connectivity index (χ0v) is 11.2. The molecule has 5 heteroatoms. The minimum atomic E-state index is 0.728. The molecule has 0 amide bonds. The summed E-state index contributed by atoms with van der Waals surface area (Å²) in [5.74, 6) is 1.13. The predicted octanol–water partition coefficient (Wildman–Crippen LogP) is 1.86. The van der Waals surface area contributed by atoms with Crippen LogP contribution in [0, 0.1) is 0 Å². The van der Waals surface area contributed by atoms with Crippen molar-refractivity contribution in [2.75, 3.05) is 26.7 Å². The van der Waals surface area contributed by atoms with Crippen molar-refractivity contribution in [2.24, 2.45) is 4.99 Å². The van der Waals surface area contributed by atoms with Crippen LogP contribution in [-0.2, 0) is 0 Å². The Labute approximate surface area is 108 Å². The third kappa shape index (κ3) is 2.77. The van der Waals surface area contributed by atoms with Gasteiger partial charge in [0, 0.05) is 26.6 Å². The third-order valence-electron chi connectivity index (χ3n) is 3.09. The van der Waals surface area contributed by atoms with Gasteiger partial charge in [0.2, 0.25) is 0 Å². The van der Waals surface area contributed by atoms with Gasteiger partial charge in [-0.3, -0.25) is 0 Å². The van der Waals surface area contributed by atoms with E-state index >= 15 is 0 Å². The standard InChI is InChI=1S/C11H17N3S2/c1-13-6-2-4-9(13)12-10(15)8-14-7-3-5-11(14)16/h2-8H2,1H3/b12-9+. The van der Waals surface area contributed by atoms with Crippen LogP contribution in [-0.4, -0.2) is 52.3 Å². The Morgan fingerprint density at radius 2 is 2.06 bits per heavy atom. The molecule has 3 nitrogen and oxygen atoms in total. The molecule has 2 aliphatic heterocycles. The molecule has 0 aromatic rings. The second kappa shape index (κ2) is 5.19. The van der Waals surface area contributed by atoms with E-state index in [1.165, 1.54) is 6.42 Å². The van der Waals surface area contributed by atoms with Crippen LogP contribution in [0.5, 0.6) is 0 Å². The highest BCUT2D eigenvalue weighted by Crippen LogP contribution is 2.13. The molecule has 2 fully saturated rings. The second-order valence-electron chi connectivity index (χ2n) is 4.37. The Kier molecular flexibility index (Phi) is 3.86. The number of hydrogen-bond donors (Lipinski definition) is 0. The average molecular weight is 255 g/mol. The van der Waals surface area contributed by atoms with E-state index in [4.69, 9.17) is 24.4 Å². The Bertz CT molecular complexity index is 338. The van der Waals surface area contributed by atoms with Crippen molar-refractivity contribution in [1.82, 2.24) is 9.80 Å². The summed E-state index contributed by atoms with van der Waals surface area (Å²) in [7, 11) is 2.08. The molecule has 2 aliphatic rings. The maximum atomic E-state index is 5.32. The van der Waals surface area contributed by atoms with Crippen molar-refractivity contribution in [3.05, 3.63) is 0 Å². The fraction of sp³-hybridized carbons (Fsp3) is 0.727. The van der Waals surface area contributed by atoms with Crippen molar-refractivity contribution < 1.29 is 0 Å². The number of nitrogens with zero attached hydrogens (tertiary/aromatic N) is 3. The maximum absolute atomic E-state index is 5.32. The molecule has 2 rings (SSSR count). The van der Waals surface area contributed by atoms with E-state index in [1.54, 1.807) is 0 Å². The van der Waals surface area contributed by atoms with Gasteiger partial charge >= 0.3 is 0 Å². The van der Waals surface area contributed by atoms with E-state index in [9.17, 15) is 0 Å². The van der Waals surface area contributed by atoms with Gasteiger partial charge in [0.1, 0.15) is 10.8 Å². The minimum Gasteiger partial charge on any atom is -0.363 e. The van der Waals surface area contributed by atoms with Crippen LogP contribution in [0.2, 0.25) is 0 Å². The molecule has 0 atom stereocenters. The van der Waals surface area contributed by atoms with Crippen molar-refractivity contribution in [3.63, 3.8) is 0 Å². The van der Waals surface area contributed by atoms with Crippen LogP contribution in [0.15, 0.2) is 4.99 Å². The van der Waals surface area contributed by atoms with Gasteiger partial charge in [-0.2, -0.15) is 0 Å². The number of rotatable bonds is 2. The van der Waals surface area contributed by atoms with Gasteiger partial charge in [-0.1, -0.05) is 24.4 Å². The Morgan fingerprint density at radius 3 is 2.62 bits per heavy atom. The lowest BCUT2D eigenvalue weighted by molar-refractivity contribution is 0.521. The summed E-state index contributed by atoms with van der Waals surface area (Å²) in [5.41, 5.74) is 0. The summed E-state index contributed by atoms with van der Waals surface area (Å²) in [6, 6.07) is 0. The molecular formula is C11H17N3S2. The number of likely N-dealkylation sites (tertiary alicyclic amines) is 2. The van der Waals surface area contributed by atoms with Gasteiger partial charge in [-0.05, 0) is 19.3 Å². The molecule has 0 spiro atoms. The van der Waals surface area contributed by atoms with Crippen molar-refractivity contribution in [1.29, 1.82) is 0 Å². The normalized spacial score (nSPS) is 23.6. The van der Waals surface area contributed by atoms with Gasteiger partial charge < -0.3 is 9.80 Å². The zero-order chi connectivity index (χ0) is 11.5. The molecule has 0 aromatic heterocycles. The Morgan fingerprint density at radius 1 is 1.31 bits per heavy atom. The first kappa shape index (κ1) is 11.9. The van der Waals surface area contributed by atoms with Crippen LogP contribution in [0.3, 0.4) is 0 Å². The molecule has 88 valence electrons. The minimum absolute atomic E-state index is 0.728. The molecule has 0 saturated carbocycles. The van der Waals surface area contributed by atoms with E-state index in [2.05, 4.69) is 21.8 Å². The van der Waals surface area contributed by atoms with Gasteiger partial charge in [0.25, 0.3) is 0 Å². The van der Waals surface area contributed by atoms with Crippen molar-refractivity contribution in [2.45, 2.75) is 25.7 Å². The number of amidine groups is 1. The summed E-state index contributed by atoms with van der Waals surface area (Å²) < 4.78 is 0. The lowest BCUT2D eigenvalue weighted by Gasteiger charge is -2.17. The van der Waals surface area contributed by atoms with E-state index in [-0.39, 0.29) is 0 Å². The highest BCUT2D eigenvalue weighted by atomic mass is 32.1. The van der Waals surface area contributed by atoms with E-state index in [1.807, 2.05) is 0 Å². The van der Waals surface area contributed by atoms with E-state index in [0.29, 0.717) is 0 Å². The molecule has 0 bridgehead atoms. The lowest BCUT2D eigenvalue weighted by atomic mass is 10.4. The van der Waals surface area contributed by atoms with Gasteiger partial charge in [0.05, 0.1) is 11.5 Å². The summed E-state index contributed by atoms with van der Waals surface area (Å²) in [6.45, 7) is 2.87. The highest BCUT2D eigenvalue weighted by molar-refractivity contribution is 7.80. The first-order valence-electron chi connectivity index (χ1n) is 5.76. The molecular weight excluding hydrogens is 238 g/mol. The summed E-state index contributed by atoms with van der Waals surface area (Å²) in [4.78, 5) is 10.7. The largest absolute Gasteiger partial charge is 0.363 e. The Hall–Kier alpha value is -0.550. The van der Waals surface area contributed by atoms with Crippen LogP contribution in [0.4, 0.5) is 0 Å². The van der Waals surface area contributed by atoms with Gasteiger partial charge in [-0.15, -0.1) is 0 Å². The van der Waals surface area contributed by atoms with Gasteiger partial charge in [-0.25, -0.2) is 4.99 Å².